The SMILES string of the molecule is NCc1ccnc(Oc2cccc(F)c2F)c1Cl. The first kappa shape index (κ1) is 12.7. The molecule has 0 atom stereocenters. The number of nitrogens with two attached hydrogens (primary N) is 1. The van der Waals surface area contributed by atoms with Crippen molar-refractivity contribution in [2.24, 2.45) is 5.73 Å². The third kappa shape index (κ3) is 2.42. The van der Waals surface area contributed by atoms with Crippen molar-refractivity contribution in [3.63, 3.8) is 0 Å². The van der Waals surface area contributed by atoms with E-state index in [1.54, 1.807) is 6.07 Å². The molecule has 0 radical (unpaired) electrons. The number of benzene rings is 1. The first-order valence-electron chi connectivity index (χ1n) is 5.08. The molecule has 2 rings (SSSR count). The molecule has 0 bridgehead atoms. The molecule has 94 valence electrons. The van der Waals surface area contributed by atoms with Crippen molar-refractivity contribution in [1.29, 1.82) is 0 Å². The molecule has 0 fully saturated rings. The minimum atomic E-state index is -1.09. The molecule has 0 unspecified atom stereocenters. The number of nitrogens with zero attached hydrogens (tertiary/aromatic N) is 1. The lowest BCUT2D eigenvalue weighted by molar-refractivity contribution is 0.405. The molecule has 18 heavy (non-hydrogen) atoms. The van der Waals surface area contributed by atoms with Crippen LogP contribution in [0.2, 0.25) is 5.02 Å². The average molecular weight is 271 g/mol. The Labute approximate surface area is 107 Å². The van der Waals surface area contributed by atoms with Crippen LogP contribution < -0.4 is 10.5 Å². The Balaban J connectivity index is 2.37. The molecule has 1 aromatic carbocycles. The maximum atomic E-state index is 13.4. The fourth-order valence-electron chi connectivity index (χ4n) is 1.36. The molecule has 1 aromatic heterocycles. The van der Waals surface area contributed by atoms with Crippen LogP contribution in [0.5, 0.6) is 11.6 Å². The van der Waals surface area contributed by atoms with E-state index in [1.165, 1.54) is 18.3 Å². The second-order valence-corrected chi connectivity index (χ2v) is 3.83. The summed E-state index contributed by atoms with van der Waals surface area (Å²) in [4.78, 5) is 3.85. The second-order valence-electron chi connectivity index (χ2n) is 3.45. The molecular weight excluding hydrogens is 262 g/mol. The minimum Gasteiger partial charge on any atom is -0.434 e. The normalized spacial score (nSPS) is 10.4. The molecule has 0 saturated heterocycles. The van der Waals surface area contributed by atoms with Crippen molar-refractivity contribution in [2.75, 3.05) is 0 Å². The highest BCUT2D eigenvalue weighted by Gasteiger charge is 2.13. The fraction of sp³-hybridized carbons (Fsp3) is 0.0833. The third-order valence-corrected chi connectivity index (χ3v) is 2.68. The number of aromatic nitrogens is 1. The van der Waals surface area contributed by atoms with Crippen molar-refractivity contribution in [3.05, 3.63) is 52.7 Å². The van der Waals surface area contributed by atoms with E-state index in [1.807, 2.05) is 0 Å². The zero-order chi connectivity index (χ0) is 13.1. The van der Waals surface area contributed by atoms with Gasteiger partial charge in [0.1, 0.15) is 5.02 Å². The highest BCUT2D eigenvalue weighted by molar-refractivity contribution is 6.32. The van der Waals surface area contributed by atoms with E-state index in [0.717, 1.165) is 6.07 Å². The largest absolute Gasteiger partial charge is 0.434 e. The number of halogens is 3. The van der Waals surface area contributed by atoms with Crippen molar-refractivity contribution < 1.29 is 13.5 Å². The first-order chi connectivity index (χ1) is 8.63. The molecule has 1 heterocycles. The number of rotatable bonds is 3. The van der Waals surface area contributed by atoms with Crippen LogP contribution in [-0.2, 0) is 6.54 Å². The van der Waals surface area contributed by atoms with Gasteiger partial charge in [-0.2, -0.15) is 4.39 Å². The average Bonchev–Trinajstić information content (AvgIpc) is 2.37. The van der Waals surface area contributed by atoms with Gasteiger partial charge >= 0.3 is 0 Å². The summed E-state index contributed by atoms with van der Waals surface area (Å²) in [5.74, 6) is -2.38. The Kier molecular flexibility index (Phi) is 3.74. The van der Waals surface area contributed by atoms with Gasteiger partial charge in [-0.25, -0.2) is 9.37 Å². The third-order valence-electron chi connectivity index (χ3n) is 2.28. The Morgan fingerprint density at radius 3 is 2.78 bits per heavy atom. The van der Waals surface area contributed by atoms with Crippen LogP contribution in [0.3, 0.4) is 0 Å². The lowest BCUT2D eigenvalue weighted by atomic mass is 10.2. The van der Waals surface area contributed by atoms with Gasteiger partial charge in [-0.05, 0) is 23.8 Å². The number of pyridine rings is 1. The molecule has 0 aliphatic carbocycles. The summed E-state index contributed by atoms with van der Waals surface area (Å²) < 4.78 is 31.6. The van der Waals surface area contributed by atoms with Crippen LogP contribution in [-0.4, -0.2) is 4.98 Å². The Hall–Kier alpha value is -1.72. The van der Waals surface area contributed by atoms with E-state index in [4.69, 9.17) is 22.1 Å². The molecule has 0 amide bonds. The van der Waals surface area contributed by atoms with E-state index in [2.05, 4.69) is 4.98 Å². The molecule has 2 N–H and O–H groups in total. The van der Waals surface area contributed by atoms with Gasteiger partial charge in [0.15, 0.2) is 11.6 Å². The van der Waals surface area contributed by atoms with Gasteiger partial charge in [-0.1, -0.05) is 17.7 Å². The molecule has 0 aliphatic rings. The van der Waals surface area contributed by atoms with Gasteiger partial charge < -0.3 is 10.5 Å². The summed E-state index contributed by atoms with van der Waals surface area (Å²) in [6.45, 7) is 0.198. The molecule has 0 spiro atoms. The molecular formula is C12H9ClF2N2O. The summed E-state index contributed by atoms with van der Waals surface area (Å²) in [6.07, 6.45) is 1.43. The van der Waals surface area contributed by atoms with Gasteiger partial charge in [-0.3, -0.25) is 0 Å². The van der Waals surface area contributed by atoms with Crippen LogP contribution in [0.15, 0.2) is 30.5 Å². The Morgan fingerprint density at radius 2 is 2.06 bits per heavy atom. The zero-order valence-electron chi connectivity index (χ0n) is 9.16. The maximum Gasteiger partial charge on any atom is 0.238 e. The molecule has 2 aromatic rings. The summed E-state index contributed by atoms with van der Waals surface area (Å²) >= 11 is 5.97. The van der Waals surface area contributed by atoms with Gasteiger partial charge in [0, 0.05) is 12.7 Å². The molecule has 6 heteroatoms. The number of ether oxygens (including phenoxy) is 1. The fourth-order valence-corrected chi connectivity index (χ4v) is 1.59. The summed E-state index contributed by atoms with van der Waals surface area (Å²) in [6, 6.07) is 5.23. The maximum absolute atomic E-state index is 13.4. The van der Waals surface area contributed by atoms with Crippen LogP contribution >= 0.6 is 11.6 Å². The highest BCUT2D eigenvalue weighted by Crippen LogP contribution is 2.31. The van der Waals surface area contributed by atoms with Gasteiger partial charge in [-0.15, -0.1) is 0 Å². The van der Waals surface area contributed by atoms with Gasteiger partial charge in [0.05, 0.1) is 0 Å². The van der Waals surface area contributed by atoms with E-state index < -0.39 is 11.6 Å². The van der Waals surface area contributed by atoms with E-state index in [9.17, 15) is 8.78 Å². The van der Waals surface area contributed by atoms with E-state index in [0.29, 0.717) is 5.56 Å². The smallest absolute Gasteiger partial charge is 0.238 e. The van der Waals surface area contributed by atoms with Crippen LogP contribution in [0.1, 0.15) is 5.56 Å². The van der Waals surface area contributed by atoms with E-state index >= 15 is 0 Å². The predicted octanol–water partition coefficient (Wildman–Crippen LogP) is 3.26. The number of hydrogen-bond acceptors (Lipinski definition) is 3. The summed E-state index contributed by atoms with van der Waals surface area (Å²) in [7, 11) is 0. The van der Waals surface area contributed by atoms with Crippen molar-refractivity contribution >= 4 is 11.6 Å². The van der Waals surface area contributed by atoms with Crippen molar-refractivity contribution in [3.8, 4) is 11.6 Å². The van der Waals surface area contributed by atoms with Crippen molar-refractivity contribution in [1.82, 2.24) is 4.98 Å². The molecule has 0 aliphatic heterocycles. The Morgan fingerprint density at radius 1 is 1.28 bits per heavy atom. The van der Waals surface area contributed by atoms with Crippen LogP contribution in [0.25, 0.3) is 0 Å². The molecule has 3 nitrogen and oxygen atoms in total. The Bertz CT molecular complexity index is 578. The summed E-state index contributed by atoms with van der Waals surface area (Å²) in [5, 5.41) is 0.184. The van der Waals surface area contributed by atoms with Crippen LogP contribution in [0.4, 0.5) is 8.78 Å². The lowest BCUT2D eigenvalue weighted by Crippen LogP contribution is -2.00. The quantitative estimate of drug-likeness (QED) is 0.931. The zero-order valence-corrected chi connectivity index (χ0v) is 9.92. The topological polar surface area (TPSA) is 48.1 Å². The van der Waals surface area contributed by atoms with Crippen molar-refractivity contribution in [2.45, 2.75) is 6.54 Å². The monoisotopic (exact) mass is 270 g/mol. The first-order valence-corrected chi connectivity index (χ1v) is 5.46. The van der Waals surface area contributed by atoms with Crippen LogP contribution in [0, 0.1) is 11.6 Å². The number of hydrogen-bond donors (Lipinski definition) is 1. The van der Waals surface area contributed by atoms with E-state index in [-0.39, 0.29) is 23.2 Å². The summed E-state index contributed by atoms with van der Waals surface area (Å²) in [5.41, 5.74) is 6.07. The molecule has 0 saturated carbocycles. The second kappa shape index (κ2) is 5.29. The van der Waals surface area contributed by atoms with Gasteiger partial charge in [0.2, 0.25) is 11.7 Å². The standard InChI is InChI=1S/C12H9ClF2N2O/c13-10-7(6-16)4-5-17-12(10)18-9-3-1-2-8(14)11(9)15/h1-5H,6,16H2. The predicted molar refractivity (Wildman–Crippen MR) is 63.6 cm³/mol. The van der Waals surface area contributed by atoms with Gasteiger partial charge in [0.25, 0.3) is 0 Å². The highest BCUT2D eigenvalue weighted by atomic mass is 35.5. The lowest BCUT2D eigenvalue weighted by Gasteiger charge is -2.09. The minimum absolute atomic E-state index is 0.0101.